The van der Waals surface area contributed by atoms with Crippen molar-refractivity contribution in [3.63, 3.8) is 0 Å². The molecule has 3 heterocycles. The predicted octanol–water partition coefficient (Wildman–Crippen LogP) is 2.58. The lowest BCUT2D eigenvalue weighted by molar-refractivity contribution is 0.174. The summed E-state index contributed by atoms with van der Waals surface area (Å²) in [5, 5.41) is 1.12. The Labute approximate surface area is 113 Å². The van der Waals surface area contributed by atoms with Crippen LogP contribution in [0.25, 0.3) is 10.2 Å². The SMILES string of the molecule is c1c2c(cc3sc(N4CCSCC4)nc13)OCO2. The predicted molar refractivity (Wildman–Crippen MR) is 75.3 cm³/mol. The van der Waals surface area contributed by atoms with Gasteiger partial charge in [-0.15, -0.1) is 0 Å². The molecule has 0 aliphatic carbocycles. The molecule has 6 heteroatoms. The lowest BCUT2D eigenvalue weighted by Crippen LogP contribution is -2.32. The van der Waals surface area contributed by atoms with Gasteiger partial charge in [-0.2, -0.15) is 11.8 Å². The highest BCUT2D eigenvalue weighted by atomic mass is 32.2. The fourth-order valence-electron chi connectivity index (χ4n) is 2.20. The Morgan fingerprint density at radius 1 is 1.11 bits per heavy atom. The van der Waals surface area contributed by atoms with Crippen LogP contribution in [0.4, 0.5) is 5.13 Å². The van der Waals surface area contributed by atoms with Crippen LogP contribution in [-0.2, 0) is 0 Å². The van der Waals surface area contributed by atoms with E-state index in [1.54, 1.807) is 11.3 Å². The van der Waals surface area contributed by atoms with Gasteiger partial charge < -0.3 is 14.4 Å². The number of ether oxygens (including phenoxy) is 2. The van der Waals surface area contributed by atoms with Gasteiger partial charge in [0.05, 0.1) is 10.2 Å². The molecule has 0 amide bonds. The number of benzene rings is 1. The Morgan fingerprint density at radius 3 is 2.72 bits per heavy atom. The Bertz CT molecular complexity index is 552. The van der Waals surface area contributed by atoms with Gasteiger partial charge in [-0.05, 0) is 0 Å². The summed E-state index contributed by atoms with van der Waals surface area (Å²) in [6.07, 6.45) is 0. The van der Waals surface area contributed by atoms with Crippen molar-refractivity contribution < 1.29 is 9.47 Å². The van der Waals surface area contributed by atoms with Crippen molar-refractivity contribution in [1.29, 1.82) is 0 Å². The maximum absolute atomic E-state index is 5.40. The maximum Gasteiger partial charge on any atom is 0.231 e. The first-order valence-electron chi connectivity index (χ1n) is 5.93. The fraction of sp³-hybridized carbons (Fsp3) is 0.417. The van der Waals surface area contributed by atoms with Crippen LogP contribution >= 0.6 is 23.1 Å². The minimum atomic E-state index is 0.322. The zero-order chi connectivity index (χ0) is 11.9. The first kappa shape index (κ1) is 10.8. The van der Waals surface area contributed by atoms with Gasteiger partial charge in [-0.25, -0.2) is 4.98 Å². The molecule has 1 saturated heterocycles. The second-order valence-corrected chi connectivity index (χ2v) is 6.50. The van der Waals surface area contributed by atoms with E-state index < -0.39 is 0 Å². The van der Waals surface area contributed by atoms with Crippen molar-refractivity contribution in [3.8, 4) is 11.5 Å². The standard InChI is InChI=1S/C12H12N2O2S2/c1-3-17-4-2-14(1)12-13-8-5-9-10(16-7-15-9)6-11(8)18-12/h5-6H,1-4,7H2. The summed E-state index contributed by atoms with van der Waals surface area (Å²) in [5.74, 6) is 4.04. The number of nitrogens with zero attached hydrogens (tertiary/aromatic N) is 2. The smallest absolute Gasteiger partial charge is 0.231 e. The van der Waals surface area contributed by atoms with E-state index in [4.69, 9.17) is 14.5 Å². The van der Waals surface area contributed by atoms with Crippen molar-refractivity contribution >= 4 is 38.4 Å². The summed E-state index contributed by atoms with van der Waals surface area (Å²) in [6, 6.07) is 4.02. The number of rotatable bonds is 1. The van der Waals surface area contributed by atoms with Crippen LogP contribution in [0.3, 0.4) is 0 Å². The molecule has 0 unspecified atom stereocenters. The number of aromatic nitrogens is 1. The molecule has 0 spiro atoms. The summed E-state index contributed by atoms with van der Waals surface area (Å²) in [6.45, 7) is 2.51. The molecule has 2 aromatic rings. The van der Waals surface area contributed by atoms with E-state index in [1.165, 1.54) is 16.2 Å². The molecule has 2 aliphatic rings. The minimum Gasteiger partial charge on any atom is -0.454 e. The maximum atomic E-state index is 5.40. The van der Waals surface area contributed by atoms with Crippen LogP contribution in [0.5, 0.6) is 11.5 Å². The van der Waals surface area contributed by atoms with Crippen molar-refractivity contribution in [2.24, 2.45) is 0 Å². The number of thiazole rings is 1. The molecule has 1 aromatic heterocycles. The second kappa shape index (κ2) is 4.20. The summed E-state index contributed by atoms with van der Waals surface area (Å²) >= 11 is 3.75. The summed E-state index contributed by atoms with van der Waals surface area (Å²) in [4.78, 5) is 7.08. The van der Waals surface area contributed by atoms with Gasteiger partial charge in [0.2, 0.25) is 6.79 Å². The highest BCUT2D eigenvalue weighted by Gasteiger charge is 2.19. The van der Waals surface area contributed by atoms with Crippen molar-refractivity contribution in [2.75, 3.05) is 36.3 Å². The first-order valence-corrected chi connectivity index (χ1v) is 7.90. The largest absolute Gasteiger partial charge is 0.454 e. The van der Waals surface area contributed by atoms with Crippen LogP contribution in [0, 0.1) is 0 Å². The third-order valence-corrected chi connectivity index (χ3v) is 5.17. The van der Waals surface area contributed by atoms with E-state index in [2.05, 4.69) is 4.90 Å². The quantitative estimate of drug-likeness (QED) is 0.802. The molecule has 1 fully saturated rings. The molecule has 4 rings (SSSR count). The number of fused-ring (bicyclic) bond motifs is 2. The topological polar surface area (TPSA) is 34.6 Å². The van der Waals surface area contributed by atoms with E-state index in [1.807, 2.05) is 23.9 Å². The van der Waals surface area contributed by atoms with E-state index in [-0.39, 0.29) is 0 Å². The van der Waals surface area contributed by atoms with Crippen LogP contribution in [0.15, 0.2) is 12.1 Å². The molecule has 0 N–H and O–H groups in total. The Hall–Kier alpha value is -1.14. The minimum absolute atomic E-state index is 0.322. The number of anilines is 1. The van der Waals surface area contributed by atoms with Crippen LogP contribution in [-0.4, -0.2) is 36.4 Å². The number of hydrogen-bond donors (Lipinski definition) is 0. The van der Waals surface area contributed by atoms with Crippen molar-refractivity contribution in [2.45, 2.75) is 0 Å². The van der Waals surface area contributed by atoms with E-state index in [0.717, 1.165) is 35.2 Å². The average molecular weight is 280 g/mol. The summed E-state index contributed by atoms with van der Waals surface area (Å²) in [7, 11) is 0. The lowest BCUT2D eigenvalue weighted by atomic mass is 10.3. The summed E-state index contributed by atoms with van der Waals surface area (Å²) < 4.78 is 12.0. The van der Waals surface area contributed by atoms with Gasteiger partial charge >= 0.3 is 0 Å². The zero-order valence-corrected chi connectivity index (χ0v) is 11.4. The molecule has 0 atom stereocenters. The lowest BCUT2D eigenvalue weighted by Gasteiger charge is -2.25. The molecule has 0 saturated carbocycles. The molecule has 4 nitrogen and oxygen atoms in total. The highest BCUT2D eigenvalue weighted by molar-refractivity contribution is 7.99. The van der Waals surface area contributed by atoms with Gasteiger partial charge in [0.15, 0.2) is 16.6 Å². The Kier molecular flexibility index (Phi) is 2.51. The van der Waals surface area contributed by atoms with Crippen LogP contribution in [0.2, 0.25) is 0 Å². The van der Waals surface area contributed by atoms with Gasteiger partial charge in [0.1, 0.15) is 0 Å². The van der Waals surface area contributed by atoms with Crippen LogP contribution < -0.4 is 14.4 Å². The van der Waals surface area contributed by atoms with Crippen LogP contribution in [0.1, 0.15) is 0 Å². The molecule has 18 heavy (non-hydrogen) atoms. The molecular formula is C12H12N2O2S2. The third-order valence-electron chi connectivity index (χ3n) is 3.15. The Morgan fingerprint density at radius 2 is 1.89 bits per heavy atom. The van der Waals surface area contributed by atoms with Gasteiger partial charge in [0, 0.05) is 36.7 Å². The van der Waals surface area contributed by atoms with Gasteiger partial charge in [-0.1, -0.05) is 11.3 Å². The van der Waals surface area contributed by atoms with E-state index in [0.29, 0.717) is 6.79 Å². The number of thioether (sulfide) groups is 1. The monoisotopic (exact) mass is 280 g/mol. The van der Waals surface area contributed by atoms with Gasteiger partial charge in [0.25, 0.3) is 0 Å². The third kappa shape index (κ3) is 1.71. The average Bonchev–Trinajstić information content (AvgIpc) is 3.01. The molecule has 0 radical (unpaired) electrons. The van der Waals surface area contributed by atoms with Crippen molar-refractivity contribution in [1.82, 2.24) is 4.98 Å². The second-order valence-electron chi connectivity index (χ2n) is 4.27. The molecular weight excluding hydrogens is 268 g/mol. The molecule has 0 bridgehead atoms. The number of hydrogen-bond acceptors (Lipinski definition) is 6. The zero-order valence-electron chi connectivity index (χ0n) is 9.72. The van der Waals surface area contributed by atoms with Crippen molar-refractivity contribution in [3.05, 3.63) is 12.1 Å². The molecule has 1 aromatic carbocycles. The highest BCUT2D eigenvalue weighted by Crippen LogP contribution is 2.39. The normalized spacial score (nSPS) is 18.6. The fourth-order valence-corrected chi connectivity index (χ4v) is 4.13. The Balaban J connectivity index is 1.75. The first-order chi connectivity index (χ1) is 8.90. The van der Waals surface area contributed by atoms with E-state index in [9.17, 15) is 0 Å². The molecule has 2 aliphatic heterocycles. The van der Waals surface area contributed by atoms with E-state index >= 15 is 0 Å². The summed E-state index contributed by atoms with van der Waals surface area (Å²) in [5.41, 5.74) is 1.01. The van der Waals surface area contributed by atoms with Gasteiger partial charge in [-0.3, -0.25) is 0 Å². The molecule has 94 valence electrons.